The summed E-state index contributed by atoms with van der Waals surface area (Å²) >= 11 is 0. The van der Waals surface area contributed by atoms with Gasteiger partial charge in [-0.05, 0) is 37.3 Å². The molecule has 2 aromatic rings. The van der Waals surface area contributed by atoms with Crippen LogP contribution in [0.5, 0.6) is 11.5 Å². The topological polar surface area (TPSA) is 117 Å². The highest BCUT2D eigenvalue weighted by Crippen LogP contribution is 2.29. The maximum Gasteiger partial charge on any atom is 0.337 e. The van der Waals surface area contributed by atoms with Gasteiger partial charge in [-0.2, -0.15) is 0 Å². The van der Waals surface area contributed by atoms with Crippen LogP contribution in [0.3, 0.4) is 0 Å². The van der Waals surface area contributed by atoms with E-state index >= 15 is 0 Å². The van der Waals surface area contributed by atoms with Gasteiger partial charge < -0.3 is 19.5 Å². The summed E-state index contributed by atoms with van der Waals surface area (Å²) in [5.41, 5.74) is -0.0134. The van der Waals surface area contributed by atoms with Gasteiger partial charge in [-0.1, -0.05) is 6.07 Å². The molecule has 9 heteroatoms. The number of esters is 1. The summed E-state index contributed by atoms with van der Waals surface area (Å²) < 4.78 is 15.1. The van der Waals surface area contributed by atoms with Crippen LogP contribution in [-0.4, -0.2) is 37.1 Å². The zero-order chi connectivity index (χ0) is 20.0. The number of carbonyl (C=O) groups is 2. The zero-order valence-electron chi connectivity index (χ0n) is 14.9. The number of ether oxygens (including phenoxy) is 3. The van der Waals surface area contributed by atoms with Crippen molar-refractivity contribution in [2.75, 3.05) is 19.5 Å². The average molecular weight is 374 g/mol. The van der Waals surface area contributed by atoms with Crippen molar-refractivity contribution < 1.29 is 28.7 Å². The molecular weight excluding hydrogens is 356 g/mol. The lowest BCUT2D eigenvalue weighted by Crippen LogP contribution is -2.30. The number of carbonyl (C=O) groups excluding carboxylic acids is 2. The van der Waals surface area contributed by atoms with Gasteiger partial charge in [-0.3, -0.25) is 14.9 Å². The second-order valence-electron chi connectivity index (χ2n) is 5.41. The molecule has 0 aromatic heterocycles. The Labute approximate surface area is 155 Å². The molecule has 0 saturated carbocycles. The number of hydrogen-bond acceptors (Lipinski definition) is 7. The zero-order valence-corrected chi connectivity index (χ0v) is 14.9. The smallest absolute Gasteiger partial charge is 0.337 e. The number of nitro benzene ring substituents is 1. The molecule has 0 fully saturated rings. The SMILES string of the molecule is COC(=O)c1cccc(O[C@H](C)C(=O)Nc2ccc(OC)cc2[N+](=O)[O-])c1. The van der Waals surface area contributed by atoms with Crippen molar-refractivity contribution in [1.29, 1.82) is 0 Å². The van der Waals surface area contributed by atoms with E-state index in [1.807, 2.05) is 0 Å². The number of nitro groups is 1. The lowest BCUT2D eigenvalue weighted by Gasteiger charge is -2.15. The molecule has 1 amide bonds. The molecule has 0 bridgehead atoms. The summed E-state index contributed by atoms with van der Waals surface area (Å²) in [6.07, 6.45) is -0.973. The van der Waals surface area contributed by atoms with E-state index in [1.165, 1.54) is 45.4 Å². The number of rotatable bonds is 7. The van der Waals surface area contributed by atoms with E-state index in [2.05, 4.69) is 10.1 Å². The minimum Gasteiger partial charge on any atom is -0.496 e. The Morgan fingerprint density at radius 3 is 2.48 bits per heavy atom. The number of nitrogens with zero attached hydrogens (tertiary/aromatic N) is 1. The molecule has 2 aromatic carbocycles. The summed E-state index contributed by atoms with van der Waals surface area (Å²) in [6.45, 7) is 1.48. The van der Waals surface area contributed by atoms with E-state index in [4.69, 9.17) is 9.47 Å². The first-order valence-corrected chi connectivity index (χ1v) is 7.84. The summed E-state index contributed by atoms with van der Waals surface area (Å²) in [7, 11) is 2.64. The number of amides is 1. The Balaban J connectivity index is 2.12. The molecule has 2 rings (SSSR count). The van der Waals surface area contributed by atoms with Crippen molar-refractivity contribution >= 4 is 23.3 Å². The number of hydrogen-bond donors (Lipinski definition) is 1. The largest absolute Gasteiger partial charge is 0.496 e. The summed E-state index contributed by atoms with van der Waals surface area (Å²) in [4.78, 5) is 34.5. The van der Waals surface area contributed by atoms with Crippen LogP contribution >= 0.6 is 0 Å². The minimum absolute atomic E-state index is 0.0181. The van der Waals surface area contributed by atoms with Crippen molar-refractivity contribution in [2.45, 2.75) is 13.0 Å². The van der Waals surface area contributed by atoms with Gasteiger partial charge in [0.1, 0.15) is 17.2 Å². The molecule has 0 unspecified atom stereocenters. The molecule has 142 valence electrons. The number of methoxy groups -OCH3 is 2. The van der Waals surface area contributed by atoms with Crippen LogP contribution in [-0.2, 0) is 9.53 Å². The van der Waals surface area contributed by atoms with Gasteiger partial charge in [0.25, 0.3) is 11.6 Å². The van der Waals surface area contributed by atoms with Gasteiger partial charge in [0.2, 0.25) is 0 Å². The monoisotopic (exact) mass is 374 g/mol. The molecule has 0 aliphatic heterocycles. The number of anilines is 1. The van der Waals surface area contributed by atoms with Gasteiger partial charge in [0.05, 0.1) is 30.8 Å². The highest BCUT2D eigenvalue weighted by atomic mass is 16.6. The van der Waals surface area contributed by atoms with Crippen molar-refractivity contribution in [3.63, 3.8) is 0 Å². The minimum atomic E-state index is -0.973. The molecule has 0 radical (unpaired) electrons. The second-order valence-corrected chi connectivity index (χ2v) is 5.41. The molecule has 27 heavy (non-hydrogen) atoms. The van der Waals surface area contributed by atoms with Crippen molar-refractivity contribution in [2.24, 2.45) is 0 Å². The average Bonchev–Trinajstić information content (AvgIpc) is 2.67. The highest BCUT2D eigenvalue weighted by Gasteiger charge is 2.21. The van der Waals surface area contributed by atoms with Crippen LogP contribution < -0.4 is 14.8 Å². The van der Waals surface area contributed by atoms with E-state index in [-0.39, 0.29) is 22.7 Å². The third kappa shape index (κ3) is 4.94. The van der Waals surface area contributed by atoms with Crippen molar-refractivity contribution in [3.8, 4) is 11.5 Å². The van der Waals surface area contributed by atoms with Gasteiger partial charge in [0, 0.05) is 0 Å². The molecule has 0 aliphatic carbocycles. The Morgan fingerprint density at radius 2 is 1.85 bits per heavy atom. The fourth-order valence-corrected chi connectivity index (χ4v) is 2.20. The molecule has 0 heterocycles. The molecule has 9 nitrogen and oxygen atoms in total. The standard InChI is InChI=1S/C18H18N2O7/c1-11(27-14-6-4-5-12(9-14)18(22)26-3)17(21)19-15-8-7-13(25-2)10-16(15)20(23)24/h4-11H,1-3H3,(H,19,21)/t11-/m1/s1. The summed E-state index contributed by atoms with van der Waals surface area (Å²) in [5.74, 6) is -0.549. The first-order valence-electron chi connectivity index (χ1n) is 7.84. The summed E-state index contributed by atoms with van der Waals surface area (Å²) in [5, 5.41) is 13.6. The van der Waals surface area contributed by atoms with Crippen LogP contribution in [0.2, 0.25) is 0 Å². The lowest BCUT2D eigenvalue weighted by molar-refractivity contribution is -0.384. The van der Waals surface area contributed by atoms with Gasteiger partial charge >= 0.3 is 5.97 Å². The van der Waals surface area contributed by atoms with Crippen LogP contribution in [0.1, 0.15) is 17.3 Å². The number of benzene rings is 2. The maximum atomic E-state index is 12.3. The molecule has 1 atom stereocenters. The predicted molar refractivity (Wildman–Crippen MR) is 96.1 cm³/mol. The first kappa shape index (κ1) is 19.7. The van der Waals surface area contributed by atoms with Gasteiger partial charge in [-0.25, -0.2) is 4.79 Å². The Hall–Kier alpha value is -3.62. The quantitative estimate of drug-likeness (QED) is 0.450. The van der Waals surface area contributed by atoms with Crippen LogP contribution in [0.25, 0.3) is 0 Å². The van der Waals surface area contributed by atoms with E-state index in [9.17, 15) is 19.7 Å². The maximum absolute atomic E-state index is 12.3. The first-order chi connectivity index (χ1) is 12.8. The molecule has 0 spiro atoms. The van der Waals surface area contributed by atoms with Gasteiger partial charge in [-0.15, -0.1) is 0 Å². The molecular formula is C18H18N2O7. The Kier molecular flexibility index (Phi) is 6.32. The summed E-state index contributed by atoms with van der Waals surface area (Å²) in [6, 6.07) is 10.2. The van der Waals surface area contributed by atoms with Crippen molar-refractivity contribution in [1.82, 2.24) is 0 Å². The van der Waals surface area contributed by atoms with E-state index in [1.54, 1.807) is 18.2 Å². The third-order valence-electron chi connectivity index (χ3n) is 3.60. The molecule has 0 aliphatic rings. The van der Waals surface area contributed by atoms with E-state index < -0.39 is 22.9 Å². The van der Waals surface area contributed by atoms with E-state index in [0.717, 1.165) is 0 Å². The predicted octanol–water partition coefficient (Wildman–Crippen LogP) is 2.80. The Bertz CT molecular complexity index is 867. The molecule has 1 N–H and O–H groups in total. The second kappa shape index (κ2) is 8.65. The van der Waals surface area contributed by atoms with Crippen molar-refractivity contribution in [3.05, 3.63) is 58.1 Å². The van der Waals surface area contributed by atoms with Crippen LogP contribution in [0.15, 0.2) is 42.5 Å². The Morgan fingerprint density at radius 1 is 1.11 bits per heavy atom. The lowest BCUT2D eigenvalue weighted by atomic mass is 10.2. The highest BCUT2D eigenvalue weighted by molar-refractivity contribution is 5.96. The van der Waals surface area contributed by atoms with E-state index in [0.29, 0.717) is 5.75 Å². The third-order valence-corrected chi connectivity index (χ3v) is 3.60. The van der Waals surface area contributed by atoms with Gasteiger partial charge in [0.15, 0.2) is 6.10 Å². The number of nitrogens with one attached hydrogen (secondary N) is 1. The van der Waals surface area contributed by atoms with Crippen LogP contribution in [0, 0.1) is 10.1 Å². The fraction of sp³-hybridized carbons (Fsp3) is 0.222. The fourth-order valence-electron chi connectivity index (χ4n) is 2.20. The molecule has 0 saturated heterocycles. The van der Waals surface area contributed by atoms with Crippen LogP contribution in [0.4, 0.5) is 11.4 Å². The normalized spacial score (nSPS) is 11.2.